The molecular weight excluding hydrogens is 329 g/mol. The van der Waals surface area contributed by atoms with Crippen molar-refractivity contribution in [2.24, 2.45) is 5.73 Å². The maximum atomic E-state index is 14.4. The third-order valence-corrected chi connectivity index (χ3v) is 4.62. The van der Waals surface area contributed by atoms with Crippen LogP contribution in [-0.4, -0.2) is 42.6 Å². The molecule has 1 saturated heterocycles. The summed E-state index contributed by atoms with van der Waals surface area (Å²) in [5.74, 6) is -0.290. The van der Waals surface area contributed by atoms with Gasteiger partial charge in [-0.15, -0.1) is 0 Å². The molecule has 0 bridgehead atoms. The number of nitrogens with zero attached hydrogens (tertiary/aromatic N) is 2. The molecule has 0 aromatic heterocycles. The van der Waals surface area contributed by atoms with Gasteiger partial charge in [0, 0.05) is 31.2 Å². The largest absolute Gasteiger partial charge is 0.389 e. The lowest BCUT2D eigenvalue weighted by Gasteiger charge is -2.39. The number of piperazine rings is 1. The van der Waals surface area contributed by atoms with Crippen LogP contribution in [0, 0.1) is 5.82 Å². The van der Waals surface area contributed by atoms with Crippen molar-refractivity contribution in [1.82, 2.24) is 4.90 Å². The van der Waals surface area contributed by atoms with Crippen LogP contribution in [0.1, 0.15) is 12.5 Å². The first-order valence-corrected chi connectivity index (χ1v) is 7.35. The van der Waals surface area contributed by atoms with Crippen LogP contribution in [0.2, 0.25) is 0 Å². The number of thiocarbonyl (C=S) groups is 1. The average Bonchev–Trinajstić information content (AvgIpc) is 2.36. The van der Waals surface area contributed by atoms with Gasteiger partial charge >= 0.3 is 0 Å². The Labute approximate surface area is 126 Å². The molecule has 0 spiro atoms. The maximum Gasteiger partial charge on any atom is 0.161 e. The summed E-state index contributed by atoms with van der Waals surface area (Å²) in [5, 5.41) is 0. The Morgan fingerprint density at radius 1 is 1.47 bits per heavy atom. The average molecular weight is 346 g/mol. The van der Waals surface area contributed by atoms with Crippen LogP contribution in [0.15, 0.2) is 16.6 Å². The molecule has 3 nitrogen and oxygen atoms in total. The third-order valence-electron chi connectivity index (χ3n) is 3.63. The first kappa shape index (κ1) is 14.7. The Balaban J connectivity index is 2.31. The summed E-state index contributed by atoms with van der Waals surface area (Å²) in [6.45, 7) is 4.70. The quantitative estimate of drug-likeness (QED) is 0.834. The van der Waals surface area contributed by atoms with E-state index >= 15 is 0 Å². The minimum atomic E-state index is -0.290. The van der Waals surface area contributed by atoms with Crippen LogP contribution in [0.4, 0.5) is 10.1 Å². The van der Waals surface area contributed by atoms with Gasteiger partial charge in [-0.25, -0.2) is 4.39 Å². The molecule has 1 heterocycles. The normalized spacial score (nSPS) is 20.6. The van der Waals surface area contributed by atoms with E-state index in [0.717, 1.165) is 19.6 Å². The van der Waals surface area contributed by atoms with Crippen LogP contribution in [0.3, 0.4) is 0 Å². The van der Waals surface area contributed by atoms with Gasteiger partial charge in [0.05, 0.1) is 10.2 Å². The number of hydrogen-bond acceptors (Lipinski definition) is 3. The van der Waals surface area contributed by atoms with E-state index in [9.17, 15) is 4.39 Å². The van der Waals surface area contributed by atoms with E-state index in [1.807, 2.05) is 0 Å². The maximum absolute atomic E-state index is 14.4. The fourth-order valence-corrected chi connectivity index (χ4v) is 3.09. The van der Waals surface area contributed by atoms with Gasteiger partial charge in [0.2, 0.25) is 0 Å². The first-order valence-electron chi connectivity index (χ1n) is 6.14. The van der Waals surface area contributed by atoms with Gasteiger partial charge < -0.3 is 15.5 Å². The van der Waals surface area contributed by atoms with Crippen LogP contribution in [0.25, 0.3) is 0 Å². The first-order chi connectivity index (χ1) is 8.91. The third kappa shape index (κ3) is 2.90. The number of hydrogen-bond donors (Lipinski definition) is 1. The Kier molecular flexibility index (Phi) is 4.43. The summed E-state index contributed by atoms with van der Waals surface area (Å²) in [6.07, 6.45) is 0. The molecule has 1 aromatic rings. The van der Waals surface area contributed by atoms with Crippen LogP contribution in [-0.2, 0) is 0 Å². The highest BCUT2D eigenvalue weighted by molar-refractivity contribution is 9.10. The van der Waals surface area contributed by atoms with Crippen molar-refractivity contribution >= 4 is 38.8 Å². The predicted molar refractivity (Wildman–Crippen MR) is 84.3 cm³/mol. The summed E-state index contributed by atoms with van der Waals surface area (Å²) in [6, 6.07) is 3.93. The van der Waals surface area contributed by atoms with Crippen LogP contribution >= 0.6 is 28.1 Å². The number of likely N-dealkylation sites (N-methyl/N-ethyl adjacent to an activating group) is 1. The molecule has 104 valence electrons. The second-order valence-electron chi connectivity index (χ2n) is 4.90. The van der Waals surface area contributed by atoms with Crippen molar-refractivity contribution < 1.29 is 4.39 Å². The number of anilines is 1. The van der Waals surface area contributed by atoms with E-state index in [-0.39, 0.29) is 10.8 Å². The number of halogens is 2. The molecule has 1 aliphatic rings. The molecule has 1 aliphatic heterocycles. The summed E-state index contributed by atoms with van der Waals surface area (Å²) in [4.78, 5) is 4.53. The van der Waals surface area contributed by atoms with E-state index in [4.69, 9.17) is 18.0 Å². The van der Waals surface area contributed by atoms with Crippen molar-refractivity contribution in [3.8, 4) is 0 Å². The standard InChI is InChI=1S/C13H17BrFN3S/c1-8-7-18(6-5-17(8)2)10-4-3-9(13(16)19)11(14)12(10)15/h3-4,8H,5-7H2,1-2H3,(H2,16,19). The lowest BCUT2D eigenvalue weighted by molar-refractivity contribution is 0.233. The SMILES string of the molecule is CC1CN(c2ccc(C(N)=S)c(Br)c2F)CCN1C. The van der Waals surface area contributed by atoms with Crippen molar-refractivity contribution in [3.63, 3.8) is 0 Å². The van der Waals surface area contributed by atoms with E-state index in [2.05, 4.69) is 39.7 Å². The van der Waals surface area contributed by atoms with Gasteiger partial charge in [0.1, 0.15) is 4.99 Å². The molecule has 19 heavy (non-hydrogen) atoms. The highest BCUT2D eigenvalue weighted by Gasteiger charge is 2.24. The molecular formula is C13H17BrFN3S. The Morgan fingerprint density at radius 3 is 2.74 bits per heavy atom. The Morgan fingerprint density at radius 2 is 2.16 bits per heavy atom. The van der Waals surface area contributed by atoms with Gasteiger partial charge in [-0.2, -0.15) is 0 Å². The zero-order chi connectivity index (χ0) is 14.2. The van der Waals surface area contributed by atoms with Gasteiger partial charge in [-0.05, 0) is 42.0 Å². The Hall–Kier alpha value is -0.720. The molecule has 1 aromatic carbocycles. The summed E-state index contributed by atoms with van der Waals surface area (Å²) < 4.78 is 14.8. The molecule has 0 radical (unpaired) electrons. The van der Waals surface area contributed by atoms with Crippen molar-refractivity contribution in [1.29, 1.82) is 0 Å². The highest BCUT2D eigenvalue weighted by Crippen LogP contribution is 2.30. The van der Waals surface area contributed by atoms with Crippen LogP contribution in [0.5, 0.6) is 0 Å². The van der Waals surface area contributed by atoms with E-state index in [1.165, 1.54) is 0 Å². The molecule has 1 atom stereocenters. The van der Waals surface area contributed by atoms with E-state index in [0.29, 0.717) is 21.8 Å². The molecule has 6 heteroatoms. The number of nitrogens with two attached hydrogens (primary N) is 1. The van der Waals surface area contributed by atoms with Gasteiger partial charge in [-0.3, -0.25) is 0 Å². The minimum Gasteiger partial charge on any atom is -0.389 e. The smallest absolute Gasteiger partial charge is 0.161 e. The monoisotopic (exact) mass is 345 g/mol. The number of rotatable bonds is 2. The van der Waals surface area contributed by atoms with Gasteiger partial charge in [0.15, 0.2) is 5.82 Å². The van der Waals surface area contributed by atoms with Crippen molar-refractivity contribution in [2.45, 2.75) is 13.0 Å². The van der Waals surface area contributed by atoms with Crippen molar-refractivity contribution in [2.75, 3.05) is 31.6 Å². The molecule has 0 saturated carbocycles. The molecule has 2 N–H and O–H groups in total. The van der Waals surface area contributed by atoms with Crippen molar-refractivity contribution in [3.05, 3.63) is 28.0 Å². The second-order valence-corrected chi connectivity index (χ2v) is 6.13. The van der Waals surface area contributed by atoms with Crippen LogP contribution < -0.4 is 10.6 Å². The highest BCUT2D eigenvalue weighted by atomic mass is 79.9. The second kappa shape index (κ2) is 5.73. The summed E-state index contributed by atoms with van der Waals surface area (Å²) in [7, 11) is 2.09. The molecule has 1 unspecified atom stereocenters. The molecule has 1 fully saturated rings. The molecule has 2 rings (SSSR count). The molecule has 0 amide bonds. The summed E-state index contributed by atoms with van der Waals surface area (Å²) >= 11 is 8.15. The van der Waals surface area contributed by atoms with E-state index in [1.54, 1.807) is 12.1 Å². The fourth-order valence-electron chi connectivity index (χ4n) is 2.24. The minimum absolute atomic E-state index is 0.198. The Bertz CT molecular complexity index is 509. The van der Waals surface area contributed by atoms with Gasteiger partial charge in [-0.1, -0.05) is 12.2 Å². The zero-order valence-corrected chi connectivity index (χ0v) is 13.4. The van der Waals surface area contributed by atoms with Gasteiger partial charge in [0.25, 0.3) is 0 Å². The summed E-state index contributed by atoms with van der Waals surface area (Å²) in [5.41, 5.74) is 6.71. The fraction of sp³-hybridized carbons (Fsp3) is 0.462. The topological polar surface area (TPSA) is 32.5 Å². The lowest BCUT2D eigenvalue weighted by atomic mass is 10.1. The number of benzene rings is 1. The molecule has 0 aliphatic carbocycles. The lowest BCUT2D eigenvalue weighted by Crippen LogP contribution is -2.50. The zero-order valence-electron chi connectivity index (χ0n) is 11.0. The predicted octanol–water partition coefficient (Wildman–Crippen LogP) is 2.36. The van der Waals surface area contributed by atoms with E-state index < -0.39 is 0 Å².